The van der Waals surface area contributed by atoms with E-state index in [-0.39, 0.29) is 11.4 Å². The highest BCUT2D eigenvalue weighted by molar-refractivity contribution is 7.84. The highest BCUT2D eigenvalue weighted by Gasteiger charge is 2.61. The SMILES string of the molecule is CN1CCOc2ccccc2-c2cccc(c2)CC2C(NS(=O)C(C)(F)F)C3(CC3)CN2C1=O. The van der Waals surface area contributed by atoms with Crippen LogP contribution in [0.2, 0.25) is 0 Å². The van der Waals surface area contributed by atoms with Crippen LogP contribution in [0.3, 0.4) is 0 Å². The van der Waals surface area contributed by atoms with Crippen LogP contribution in [0.25, 0.3) is 11.1 Å². The van der Waals surface area contributed by atoms with Gasteiger partial charge in [0.15, 0.2) is 11.0 Å². The molecule has 1 saturated carbocycles. The molecule has 2 heterocycles. The number of hydrogen-bond donors (Lipinski definition) is 1. The maximum Gasteiger partial charge on any atom is 0.331 e. The molecule has 2 aromatic carbocycles. The fourth-order valence-electron chi connectivity index (χ4n) is 5.18. The maximum atomic E-state index is 13.9. The van der Waals surface area contributed by atoms with E-state index in [1.807, 2.05) is 42.5 Å². The molecule has 9 heteroatoms. The molecule has 1 saturated heterocycles. The lowest BCUT2D eigenvalue weighted by Crippen LogP contribution is -2.52. The Morgan fingerprint density at radius 1 is 1.18 bits per heavy atom. The monoisotopic (exact) mass is 489 g/mol. The number of amides is 2. The number of alkyl halides is 2. The van der Waals surface area contributed by atoms with Gasteiger partial charge in [-0.3, -0.25) is 0 Å². The van der Waals surface area contributed by atoms with Gasteiger partial charge in [-0.15, -0.1) is 0 Å². The summed E-state index contributed by atoms with van der Waals surface area (Å²) in [5.74, 6) is 0.747. The Bertz CT molecular complexity index is 1120. The highest BCUT2D eigenvalue weighted by Crippen LogP contribution is 2.56. The van der Waals surface area contributed by atoms with Gasteiger partial charge in [0.05, 0.1) is 12.6 Å². The molecule has 34 heavy (non-hydrogen) atoms. The van der Waals surface area contributed by atoms with Gasteiger partial charge in [0.2, 0.25) is 0 Å². The Morgan fingerprint density at radius 2 is 1.94 bits per heavy atom. The number of urea groups is 1. The van der Waals surface area contributed by atoms with E-state index in [1.54, 1.807) is 16.8 Å². The number of carbonyl (C=O) groups is 1. The number of fused-ring (bicyclic) bond motifs is 5. The summed E-state index contributed by atoms with van der Waals surface area (Å²) < 4.78 is 48.9. The summed E-state index contributed by atoms with van der Waals surface area (Å²) in [7, 11) is -0.806. The molecule has 3 aliphatic rings. The van der Waals surface area contributed by atoms with Gasteiger partial charge in [-0.25, -0.2) is 13.7 Å². The minimum atomic E-state index is -3.37. The fraction of sp³-hybridized carbons (Fsp3) is 0.480. The molecule has 0 aromatic heterocycles. The number of benzene rings is 2. The summed E-state index contributed by atoms with van der Waals surface area (Å²) >= 11 is 0. The van der Waals surface area contributed by atoms with Gasteiger partial charge in [0.25, 0.3) is 0 Å². The molecule has 2 fully saturated rings. The molecule has 182 valence electrons. The van der Waals surface area contributed by atoms with Crippen molar-refractivity contribution in [1.29, 1.82) is 0 Å². The predicted octanol–water partition coefficient (Wildman–Crippen LogP) is 4.04. The molecule has 1 spiro atoms. The maximum absolute atomic E-state index is 13.9. The largest absolute Gasteiger partial charge is 0.491 e. The van der Waals surface area contributed by atoms with Crippen LogP contribution in [0, 0.1) is 5.41 Å². The number of carbonyl (C=O) groups excluding carboxylic acids is 1. The summed E-state index contributed by atoms with van der Waals surface area (Å²) in [6.45, 7) is 1.84. The lowest BCUT2D eigenvalue weighted by atomic mass is 9.91. The van der Waals surface area contributed by atoms with Crippen LogP contribution in [0.15, 0.2) is 48.5 Å². The molecule has 3 unspecified atom stereocenters. The number of para-hydroxylation sites is 1. The van der Waals surface area contributed by atoms with Crippen molar-refractivity contribution in [3.8, 4) is 16.9 Å². The van der Waals surface area contributed by atoms with E-state index in [0.29, 0.717) is 33.0 Å². The van der Waals surface area contributed by atoms with Crippen LogP contribution in [0.1, 0.15) is 25.3 Å². The van der Waals surface area contributed by atoms with Crippen molar-refractivity contribution in [1.82, 2.24) is 14.5 Å². The Hall–Kier alpha value is -2.52. The Morgan fingerprint density at radius 3 is 2.68 bits per heavy atom. The minimum absolute atomic E-state index is 0.165. The van der Waals surface area contributed by atoms with E-state index in [4.69, 9.17) is 4.74 Å². The van der Waals surface area contributed by atoms with Crippen LogP contribution in [0.4, 0.5) is 13.6 Å². The summed E-state index contributed by atoms with van der Waals surface area (Å²) in [6.07, 6.45) is 2.11. The van der Waals surface area contributed by atoms with Crippen molar-refractivity contribution in [2.75, 3.05) is 26.7 Å². The molecular weight excluding hydrogens is 460 g/mol. The molecule has 2 aliphatic heterocycles. The number of ether oxygens (including phenoxy) is 1. The number of nitrogens with zero attached hydrogens (tertiary/aromatic N) is 2. The zero-order valence-corrected chi connectivity index (χ0v) is 20.1. The van der Waals surface area contributed by atoms with Crippen LogP contribution in [-0.4, -0.2) is 64.1 Å². The van der Waals surface area contributed by atoms with Crippen LogP contribution in [-0.2, 0) is 17.4 Å². The second-order valence-electron chi connectivity index (χ2n) is 9.68. The van der Waals surface area contributed by atoms with E-state index in [9.17, 15) is 17.8 Å². The Balaban J connectivity index is 1.55. The number of nitrogens with one attached hydrogen (secondary N) is 1. The lowest BCUT2D eigenvalue weighted by molar-refractivity contribution is 0.119. The van der Waals surface area contributed by atoms with E-state index in [0.717, 1.165) is 35.3 Å². The number of halogens is 2. The first-order valence-corrected chi connectivity index (χ1v) is 12.7. The van der Waals surface area contributed by atoms with Gasteiger partial charge in [-0.1, -0.05) is 42.5 Å². The lowest BCUT2D eigenvalue weighted by Gasteiger charge is -2.32. The predicted molar refractivity (Wildman–Crippen MR) is 127 cm³/mol. The van der Waals surface area contributed by atoms with Crippen LogP contribution < -0.4 is 9.46 Å². The quantitative estimate of drug-likeness (QED) is 0.708. The molecule has 6 nitrogen and oxygen atoms in total. The van der Waals surface area contributed by atoms with Gasteiger partial charge >= 0.3 is 11.3 Å². The standard InChI is InChI=1S/C25H29F2N3O3S/c1-24(26,27)34(32)28-22-20-15-17-6-5-7-18(14-17)19-8-3-4-9-21(19)33-13-12-29(2)23(31)30(20)16-25(22)10-11-25/h3-9,14,20,22,28H,10-13,15-16H2,1-2H3. The van der Waals surface area contributed by atoms with E-state index in [1.165, 1.54) is 0 Å². The third kappa shape index (κ3) is 4.31. The van der Waals surface area contributed by atoms with Gasteiger partial charge in [-0.2, -0.15) is 8.78 Å². The summed E-state index contributed by atoms with van der Waals surface area (Å²) in [5.41, 5.74) is 2.61. The summed E-state index contributed by atoms with van der Waals surface area (Å²) in [5, 5.41) is -3.37. The topological polar surface area (TPSA) is 61.9 Å². The average molecular weight is 490 g/mol. The normalized spacial score (nSPS) is 24.9. The van der Waals surface area contributed by atoms with Crippen molar-refractivity contribution in [2.24, 2.45) is 5.41 Å². The fourth-order valence-corrected chi connectivity index (χ4v) is 6.02. The molecule has 0 radical (unpaired) electrons. The van der Waals surface area contributed by atoms with Crippen molar-refractivity contribution in [3.63, 3.8) is 0 Å². The average Bonchev–Trinajstić information content (AvgIpc) is 3.53. The molecule has 2 aromatic rings. The van der Waals surface area contributed by atoms with Crippen molar-refractivity contribution in [2.45, 2.75) is 43.5 Å². The van der Waals surface area contributed by atoms with Crippen LogP contribution in [0.5, 0.6) is 5.75 Å². The smallest absolute Gasteiger partial charge is 0.331 e. The number of likely N-dealkylation sites (N-methyl/N-ethyl adjacent to an activating group) is 1. The molecule has 3 atom stereocenters. The van der Waals surface area contributed by atoms with Gasteiger partial charge in [0.1, 0.15) is 12.4 Å². The zero-order chi connectivity index (χ0) is 24.1. The Labute approximate surface area is 200 Å². The number of rotatable bonds is 3. The van der Waals surface area contributed by atoms with E-state index in [2.05, 4.69) is 10.8 Å². The first kappa shape index (κ1) is 23.2. The third-order valence-corrected chi connectivity index (χ3v) is 8.33. The first-order chi connectivity index (χ1) is 16.2. The Kier molecular flexibility index (Phi) is 5.88. The van der Waals surface area contributed by atoms with Crippen molar-refractivity contribution >= 4 is 17.0 Å². The van der Waals surface area contributed by atoms with Gasteiger partial charge in [-0.05, 0) is 36.5 Å². The van der Waals surface area contributed by atoms with Crippen molar-refractivity contribution < 1.29 is 22.5 Å². The summed E-state index contributed by atoms with van der Waals surface area (Å²) in [4.78, 5) is 16.9. The summed E-state index contributed by atoms with van der Waals surface area (Å²) in [6, 6.07) is 14.8. The number of hydrogen-bond acceptors (Lipinski definition) is 3. The molecule has 2 amide bonds. The van der Waals surface area contributed by atoms with Gasteiger partial charge in [0, 0.05) is 37.5 Å². The molecular formula is C25H29F2N3O3S. The first-order valence-electron chi connectivity index (χ1n) is 11.6. The zero-order valence-electron chi connectivity index (χ0n) is 19.3. The van der Waals surface area contributed by atoms with E-state index >= 15 is 0 Å². The second kappa shape index (κ2) is 8.61. The van der Waals surface area contributed by atoms with Crippen LogP contribution >= 0.6 is 0 Å². The minimum Gasteiger partial charge on any atom is -0.491 e. The van der Waals surface area contributed by atoms with E-state index < -0.39 is 28.3 Å². The second-order valence-corrected chi connectivity index (χ2v) is 11.2. The molecule has 1 N–H and O–H groups in total. The molecule has 2 bridgehead atoms. The molecule has 5 rings (SSSR count). The highest BCUT2D eigenvalue weighted by atomic mass is 32.2. The van der Waals surface area contributed by atoms with Gasteiger partial charge < -0.3 is 14.5 Å². The van der Waals surface area contributed by atoms with Crippen molar-refractivity contribution in [3.05, 3.63) is 54.1 Å². The third-order valence-electron chi connectivity index (χ3n) is 7.21. The molecule has 1 aliphatic carbocycles.